The monoisotopic (exact) mass is 315 g/mol. The third-order valence-corrected chi connectivity index (χ3v) is 3.16. The summed E-state index contributed by atoms with van der Waals surface area (Å²) in [5.74, 6) is 0.696. The fourth-order valence-corrected chi connectivity index (χ4v) is 2.02. The number of benzene rings is 2. The minimum absolute atomic E-state index is 0.00252. The molecule has 2 rings (SSSR count). The van der Waals surface area contributed by atoms with Gasteiger partial charge in [-0.25, -0.2) is 0 Å². The number of hydrogen-bond acceptors (Lipinski definition) is 2. The summed E-state index contributed by atoms with van der Waals surface area (Å²) in [5, 5.41) is 2.83. The quantitative estimate of drug-likeness (QED) is 0.859. The van der Waals surface area contributed by atoms with Gasteiger partial charge in [-0.05, 0) is 35.9 Å². The van der Waals surface area contributed by atoms with Crippen molar-refractivity contribution in [2.24, 2.45) is 0 Å². The van der Waals surface area contributed by atoms with Gasteiger partial charge >= 0.3 is 6.18 Å². The Hall–Kier alpha value is -1.88. The summed E-state index contributed by atoms with van der Waals surface area (Å²) in [4.78, 5) is 0. The average molecular weight is 316 g/mol. The Bertz CT molecular complexity index is 611. The van der Waals surface area contributed by atoms with Crippen LogP contribution in [0.15, 0.2) is 42.5 Å². The fourth-order valence-electron chi connectivity index (χ4n) is 1.85. The van der Waals surface area contributed by atoms with E-state index in [2.05, 4.69) is 5.32 Å². The van der Waals surface area contributed by atoms with Crippen molar-refractivity contribution in [3.8, 4) is 5.75 Å². The van der Waals surface area contributed by atoms with Gasteiger partial charge in [0, 0.05) is 17.3 Å². The van der Waals surface area contributed by atoms with Gasteiger partial charge in [-0.2, -0.15) is 13.2 Å². The summed E-state index contributed by atoms with van der Waals surface area (Å²) in [6.45, 7) is 0.273. The van der Waals surface area contributed by atoms with Crippen LogP contribution in [-0.2, 0) is 12.7 Å². The highest BCUT2D eigenvalue weighted by Gasteiger charge is 2.33. The molecule has 2 nitrogen and oxygen atoms in total. The predicted octanol–water partition coefficient (Wildman–Crippen LogP) is 4.98. The van der Waals surface area contributed by atoms with Gasteiger partial charge in [0.15, 0.2) is 0 Å². The van der Waals surface area contributed by atoms with Crippen molar-refractivity contribution in [3.63, 3.8) is 0 Å². The zero-order valence-electron chi connectivity index (χ0n) is 11.2. The van der Waals surface area contributed by atoms with Crippen LogP contribution in [-0.4, -0.2) is 7.11 Å². The summed E-state index contributed by atoms with van der Waals surface area (Å²) in [7, 11) is 1.55. The Labute approximate surface area is 125 Å². The number of hydrogen-bond donors (Lipinski definition) is 1. The van der Waals surface area contributed by atoms with Crippen LogP contribution in [0.5, 0.6) is 5.75 Å². The normalized spacial score (nSPS) is 11.3. The van der Waals surface area contributed by atoms with Crippen molar-refractivity contribution in [2.75, 3.05) is 12.4 Å². The van der Waals surface area contributed by atoms with Crippen LogP contribution < -0.4 is 10.1 Å². The van der Waals surface area contributed by atoms with Crippen molar-refractivity contribution in [1.29, 1.82) is 0 Å². The first-order chi connectivity index (χ1) is 9.90. The topological polar surface area (TPSA) is 21.3 Å². The Morgan fingerprint density at radius 1 is 1.10 bits per heavy atom. The number of alkyl halides is 3. The second-order valence-electron chi connectivity index (χ2n) is 4.39. The number of methoxy groups -OCH3 is 1. The van der Waals surface area contributed by atoms with Crippen molar-refractivity contribution < 1.29 is 17.9 Å². The van der Waals surface area contributed by atoms with Crippen LogP contribution in [0.4, 0.5) is 18.9 Å². The molecule has 0 atom stereocenters. The van der Waals surface area contributed by atoms with E-state index in [1.165, 1.54) is 12.1 Å². The maximum absolute atomic E-state index is 12.9. The Morgan fingerprint density at radius 2 is 1.76 bits per heavy atom. The first-order valence-corrected chi connectivity index (χ1v) is 6.51. The zero-order valence-corrected chi connectivity index (χ0v) is 11.9. The molecule has 0 aromatic heterocycles. The van der Waals surface area contributed by atoms with E-state index in [0.29, 0.717) is 5.75 Å². The van der Waals surface area contributed by atoms with E-state index in [1.54, 1.807) is 31.4 Å². The average Bonchev–Trinajstić information content (AvgIpc) is 2.45. The van der Waals surface area contributed by atoms with Crippen LogP contribution in [0.3, 0.4) is 0 Å². The molecule has 2 aromatic rings. The molecule has 0 saturated carbocycles. The summed E-state index contributed by atoms with van der Waals surface area (Å²) >= 11 is 5.63. The van der Waals surface area contributed by atoms with Crippen LogP contribution in [0.1, 0.15) is 11.1 Å². The third kappa shape index (κ3) is 4.04. The lowest BCUT2D eigenvalue weighted by molar-refractivity contribution is -0.136. The van der Waals surface area contributed by atoms with Gasteiger partial charge in [0.25, 0.3) is 0 Å². The van der Waals surface area contributed by atoms with E-state index in [0.717, 1.165) is 11.6 Å². The summed E-state index contributed by atoms with van der Waals surface area (Å²) in [6, 6.07) is 10.7. The number of halogens is 4. The highest BCUT2D eigenvalue weighted by molar-refractivity contribution is 6.30. The molecule has 21 heavy (non-hydrogen) atoms. The molecule has 0 aliphatic rings. The Kier molecular flexibility index (Phi) is 4.63. The number of ether oxygens (including phenoxy) is 1. The van der Waals surface area contributed by atoms with Crippen molar-refractivity contribution in [1.82, 2.24) is 0 Å². The lowest BCUT2D eigenvalue weighted by Gasteiger charge is -2.15. The standard InChI is InChI=1S/C15H13ClF3NO/c1-21-12-5-2-10(3-6-12)9-20-14-7-4-11(16)8-13(14)15(17,18)19/h2-8,20H,9H2,1H3. The molecular weight excluding hydrogens is 303 g/mol. The molecule has 0 unspecified atom stereocenters. The number of rotatable bonds is 4. The molecule has 0 saturated heterocycles. The summed E-state index contributed by atoms with van der Waals surface area (Å²) < 4.78 is 43.8. The van der Waals surface area contributed by atoms with E-state index >= 15 is 0 Å². The third-order valence-electron chi connectivity index (χ3n) is 2.93. The van der Waals surface area contributed by atoms with Gasteiger partial charge in [0.05, 0.1) is 12.7 Å². The molecular formula is C15H13ClF3NO. The molecule has 1 N–H and O–H groups in total. The largest absolute Gasteiger partial charge is 0.497 e. The summed E-state index contributed by atoms with van der Waals surface area (Å²) in [6.07, 6.45) is -4.45. The van der Waals surface area contributed by atoms with E-state index in [9.17, 15) is 13.2 Å². The molecule has 0 spiro atoms. The van der Waals surface area contributed by atoms with Gasteiger partial charge < -0.3 is 10.1 Å². The molecule has 6 heteroatoms. The molecule has 0 aliphatic heterocycles. The van der Waals surface area contributed by atoms with E-state index in [4.69, 9.17) is 16.3 Å². The van der Waals surface area contributed by atoms with E-state index in [1.807, 2.05) is 0 Å². The molecule has 112 valence electrons. The van der Waals surface area contributed by atoms with E-state index < -0.39 is 11.7 Å². The molecule has 0 heterocycles. The van der Waals surface area contributed by atoms with Crippen molar-refractivity contribution >= 4 is 17.3 Å². The number of anilines is 1. The molecule has 0 aliphatic carbocycles. The maximum atomic E-state index is 12.9. The van der Waals surface area contributed by atoms with Crippen molar-refractivity contribution in [2.45, 2.75) is 12.7 Å². The molecule has 0 fully saturated rings. The predicted molar refractivity (Wildman–Crippen MR) is 76.8 cm³/mol. The summed E-state index contributed by atoms with van der Waals surface area (Å²) in [5.41, 5.74) is 0.0742. The second kappa shape index (κ2) is 6.26. The van der Waals surface area contributed by atoms with Crippen LogP contribution in [0.2, 0.25) is 5.02 Å². The second-order valence-corrected chi connectivity index (χ2v) is 4.83. The first kappa shape index (κ1) is 15.5. The lowest BCUT2D eigenvalue weighted by atomic mass is 10.1. The Morgan fingerprint density at radius 3 is 2.33 bits per heavy atom. The molecule has 0 bridgehead atoms. The van der Waals surface area contributed by atoms with Gasteiger partial charge in [-0.1, -0.05) is 23.7 Å². The van der Waals surface area contributed by atoms with Crippen LogP contribution in [0.25, 0.3) is 0 Å². The van der Waals surface area contributed by atoms with E-state index in [-0.39, 0.29) is 17.3 Å². The minimum atomic E-state index is -4.45. The first-order valence-electron chi connectivity index (χ1n) is 6.13. The smallest absolute Gasteiger partial charge is 0.418 e. The Balaban J connectivity index is 2.15. The van der Waals surface area contributed by atoms with Gasteiger partial charge in [0.1, 0.15) is 5.75 Å². The highest BCUT2D eigenvalue weighted by Crippen LogP contribution is 2.36. The van der Waals surface area contributed by atoms with Crippen molar-refractivity contribution in [3.05, 3.63) is 58.6 Å². The fraction of sp³-hybridized carbons (Fsp3) is 0.200. The maximum Gasteiger partial charge on any atom is 0.418 e. The van der Waals surface area contributed by atoms with Gasteiger partial charge in [0.2, 0.25) is 0 Å². The number of nitrogens with one attached hydrogen (secondary N) is 1. The minimum Gasteiger partial charge on any atom is -0.497 e. The van der Waals surface area contributed by atoms with Gasteiger partial charge in [-0.3, -0.25) is 0 Å². The molecule has 2 aromatic carbocycles. The van der Waals surface area contributed by atoms with Crippen LogP contribution in [0, 0.1) is 0 Å². The van der Waals surface area contributed by atoms with Gasteiger partial charge in [-0.15, -0.1) is 0 Å². The highest BCUT2D eigenvalue weighted by atomic mass is 35.5. The molecule has 0 radical (unpaired) electrons. The SMILES string of the molecule is COc1ccc(CNc2ccc(Cl)cc2C(F)(F)F)cc1. The lowest BCUT2D eigenvalue weighted by Crippen LogP contribution is -2.10. The molecule has 0 amide bonds. The van der Waals surface area contributed by atoms with Crippen LogP contribution >= 0.6 is 11.6 Å². The zero-order chi connectivity index (χ0) is 15.5.